The molecular formula is C47H54O17. The Morgan fingerprint density at radius 2 is 0.938 bits per heavy atom. The quantitative estimate of drug-likeness (QED) is 0.0804. The maximum atomic E-state index is 11.1. The van der Waals surface area contributed by atoms with E-state index in [1.807, 2.05) is 0 Å². The predicted molar refractivity (Wildman–Crippen MR) is 232 cm³/mol. The van der Waals surface area contributed by atoms with Crippen molar-refractivity contribution >= 4 is 29.8 Å². The second kappa shape index (κ2) is 30.5. The average molecular weight is 891 g/mol. The van der Waals surface area contributed by atoms with E-state index in [-0.39, 0.29) is 68.0 Å². The van der Waals surface area contributed by atoms with Crippen molar-refractivity contribution in [2.24, 2.45) is 0 Å². The number of esters is 5. The summed E-state index contributed by atoms with van der Waals surface area (Å²) in [5.74, 6) is -1.00. The molecule has 0 aromatic heterocycles. The smallest absolute Gasteiger partial charge is 0.338 e. The first-order chi connectivity index (χ1) is 30.7. The summed E-state index contributed by atoms with van der Waals surface area (Å²) < 4.78 is 32.3. The van der Waals surface area contributed by atoms with E-state index < -0.39 is 5.97 Å². The first-order valence-electron chi connectivity index (χ1n) is 18.9. The number of hydrogen-bond donors (Lipinski definition) is 5. The van der Waals surface area contributed by atoms with Gasteiger partial charge in [0.05, 0.1) is 99.1 Å². The molecule has 0 aliphatic heterocycles. The molecule has 5 N–H and O–H groups in total. The minimum Gasteiger partial charge on any atom is -0.504 e. The summed E-state index contributed by atoms with van der Waals surface area (Å²) in [6, 6.07) is 29.6. The Kier molecular flexibility index (Phi) is 26.0. The number of hydrogen-bond acceptors (Lipinski definition) is 17. The van der Waals surface area contributed by atoms with Crippen molar-refractivity contribution in [2.45, 2.75) is 32.7 Å². The van der Waals surface area contributed by atoms with Gasteiger partial charge < -0.3 is 58.7 Å². The van der Waals surface area contributed by atoms with Gasteiger partial charge >= 0.3 is 29.8 Å². The van der Waals surface area contributed by atoms with Crippen LogP contribution in [0.15, 0.2) is 109 Å². The molecule has 0 bridgehead atoms. The highest BCUT2D eigenvalue weighted by Crippen LogP contribution is 2.27. The Hall–Kier alpha value is -7.47. The summed E-state index contributed by atoms with van der Waals surface area (Å²) in [6.07, 6.45) is 0.321. The third-order valence-corrected chi connectivity index (χ3v) is 8.32. The maximum absolute atomic E-state index is 11.1. The zero-order chi connectivity index (χ0) is 48.0. The molecule has 0 radical (unpaired) electrons. The minimum absolute atomic E-state index is 0.0124. The fourth-order valence-electron chi connectivity index (χ4n) is 4.90. The van der Waals surface area contributed by atoms with Gasteiger partial charge in [0.2, 0.25) is 0 Å². The van der Waals surface area contributed by atoms with Crippen molar-refractivity contribution in [1.29, 1.82) is 0 Å². The van der Waals surface area contributed by atoms with E-state index >= 15 is 0 Å². The lowest BCUT2D eigenvalue weighted by Gasteiger charge is -2.05. The number of benzene rings is 5. The molecule has 5 aromatic rings. The molecule has 17 heteroatoms. The van der Waals surface area contributed by atoms with Gasteiger partial charge in [-0.3, -0.25) is 9.59 Å². The van der Waals surface area contributed by atoms with Crippen LogP contribution in [0.3, 0.4) is 0 Å². The summed E-state index contributed by atoms with van der Waals surface area (Å²) in [5.41, 5.74) is 4.88. The van der Waals surface area contributed by atoms with E-state index in [9.17, 15) is 34.2 Å². The number of carbonyl (C=O) groups excluding carboxylic acids is 5. The van der Waals surface area contributed by atoms with Crippen LogP contribution in [0.1, 0.15) is 58.9 Å². The van der Waals surface area contributed by atoms with Crippen LogP contribution in [0.25, 0.3) is 0 Å². The number of phenols is 2. The normalized spacial score (nSPS) is 9.53. The number of aliphatic hydroxyl groups excluding tert-OH is 3. The predicted octanol–water partition coefficient (Wildman–Crippen LogP) is 5.13. The van der Waals surface area contributed by atoms with Gasteiger partial charge in [0.15, 0.2) is 23.0 Å². The standard InChI is InChI=1S/2C10H12O4.3C9H10O3/c1-13-9-4-3-7(5-8(9)11)6-10(12)14-2;1-13-9-5-7(3-4-8(9)11)6-10(12)14-2;1-12-9(11)8-4-2-7(6-10)3-5-8;1-12-9(11)8-4-2-3-7(5-8)6-10;1-12-9(11)8-5-3-2-4-7(8)6-10/h2*3-5,11H,6H2,1-2H3;3*2-5,10H,6H2,1H3. The van der Waals surface area contributed by atoms with Crippen molar-refractivity contribution in [3.63, 3.8) is 0 Å². The lowest BCUT2D eigenvalue weighted by Crippen LogP contribution is -2.05. The lowest BCUT2D eigenvalue weighted by atomic mass is 10.1. The molecule has 0 heterocycles. The molecule has 0 saturated carbocycles. The second-order valence-corrected chi connectivity index (χ2v) is 12.5. The SMILES string of the molecule is COC(=O)Cc1ccc(O)c(OC)c1.COC(=O)Cc1ccc(OC)c(O)c1.COC(=O)c1ccc(CO)cc1.COC(=O)c1cccc(CO)c1.COC(=O)c1ccccc1CO. The number of ether oxygens (including phenoxy) is 7. The van der Waals surface area contributed by atoms with Crippen LogP contribution in [-0.4, -0.2) is 105 Å². The van der Waals surface area contributed by atoms with Gasteiger partial charge in [0.25, 0.3) is 0 Å². The number of rotatable bonds is 12. The molecule has 5 rings (SSSR count). The third-order valence-electron chi connectivity index (χ3n) is 8.32. The molecule has 5 aromatic carbocycles. The summed E-state index contributed by atoms with van der Waals surface area (Å²) in [7, 11) is 9.56. The molecule has 344 valence electrons. The number of aliphatic hydroxyl groups is 3. The topological polar surface area (TPSA) is 251 Å². The summed E-state index contributed by atoms with van der Waals surface area (Å²) in [5, 5.41) is 45.0. The van der Waals surface area contributed by atoms with Crippen molar-refractivity contribution in [1.82, 2.24) is 0 Å². The number of methoxy groups -OCH3 is 7. The molecule has 0 fully saturated rings. The molecule has 0 amide bonds. The van der Waals surface area contributed by atoms with E-state index in [0.717, 1.165) is 11.1 Å². The lowest BCUT2D eigenvalue weighted by molar-refractivity contribution is -0.140. The van der Waals surface area contributed by atoms with E-state index in [1.54, 1.807) is 97.1 Å². The van der Waals surface area contributed by atoms with Crippen LogP contribution < -0.4 is 9.47 Å². The molecule has 0 atom stereocenters. The Morgan fingerprint density at radius 1 is 0.422 bits per heavy atom. The molecule has 64 heavy (non-hydrogen) atoms. The zero-order valence-corrected chi connectivity index (χ0v) is 36.6. The number of phenolic OH excluding ortho intramolecular Hbond substituents is 2. The van der Waals surface area contributed by atoms with Gasteiger partial charge in [-0.15, -0.1) is 0 Å². The van der Waals surface area contributed by atoms with Crippen molar-refractivity contribution in [3.05, 3.63) is 154 Å². The highest BCUT2D eigenvalue weighted by Gasteiger charge is 2.10. The Bertz CT molecular complexity index is 2220. The van der Waals surface area contributed by atoms with Crippen LogP contribution >= 0.6 is 0 Å². The van der Waals surface area contributed by atoms with E-state index in [1.165, 1.54) is 61.9 Å². The third kappa shape index (κ3) is 19.5. The van der Waals surface area contributed by atoms with E-state index in [2.05, 4.69) is 23.7 Å². The summed E-state index contributed by atoms with van der Waals surface area (Å²) in [4.78, 5) is 54.8. The van der Waals surface area contributed by atoms with Crippen LogP contribution in [0.5, 0.6) is 23.0 Å². The van der Waals surface area contributed by atoms with Crippen LogP contribution in [0, 0.1) is 0 Å². The Labute approximate surface area is 370 Å². The largest absolute Gasteiger partial charge is 0.504 e. The first kappa shape index (κ1) is 54.5. The molecule has 0 saturated heterocycles. The average Bonchev–Trinajstić information content (AvgIpc) is 3.34. The van der Waals surface area contributed by atoms with Crippen molar-refractivity contribution in [2.75, 3.05) is 49.8 Å². The fourth-order valence-corrected chi connectivity index (χ4v) is 4.90. The summed E-state index contributed by atoms with van der Waals surface area (Å²) in [6.45, 7) is -0.225. The highest BCUT2D eigenvalue weighted by molar-refractivity contribution is 5.91. The van der Waals surface area contributed by atoms with Gasteiger partial charge in [-0.1, -0.05) is 54.6 Å². The van der Waals surface area contributed by atoms with Crippen LogP contribution in [-0.2, 0) is 65.9 Å². The molecule has 17 nitrogen and oxygen atoms in total. The van der Waals surface area contributed by atoms with Crippen molar-refractivity contribution < 1.29 is 82.7 Å². The molecular weight excluding hydrogens is 836 g/mol. The Morgan fingerprint density at radius 3 is 1.44 bits per heavy atom. The van der Waals surface area contributed by atoms with Gasteiger partial charge in [0, 0.05) is 0 Å². The minimum atomic E-state index is -0.417. The number of carbonyl (C=O) groups is 5. The van der Waals surface area contributed by atoms with Crippen molar-refractivity contribution in [3.8, 4) is 23.0 Å². The molecule has 0 aliphatic carbocycles. The molecule has 0 aliphatic rings. The Balaban J connectivity index is 0.000000401. The highest BCUT2D eigenvalue weighted by atomic mass is 16.5. The summed E-state index contributed by atoms with van der Waals surface area (Å²) >= 11 is 0. The number of aromatic hydroxyl groups is 2. The van der Waals surface area contributed by atoms with Gasteiger partial charge in [-0.2, -0.15) is 0 Å². The van der Waals surface area contributed by atoms with Gasteiger partial charge in [-0.05, 0) is 82.4 Å². The fraction of sp³-hybridized carbons (Fsp3) is 0.255. The van der Waals surface area contributed by atoms with E-state index in [0.29, 0.717) is 44.9 Å². The molecule has 0 unspecified atom stereocenters. The maximum Gasteiger partial charge on any atom is 0.338 e. The van der Waals surface area contributed by atoms with E-state index in [4.69, 9.17) is 24.8 Å². The van der Waals surface area contributed by atoms with Gasteiger partial charge in [-0.25, -0.2) is 14.4 Å². The van der Waals surface area contributed by atoms with Crippen LogP contribution in [0.4, 0.5) is 0 Å². The second-order valence-electron chi connectivity index (χ2n) is 12.5. The van der Waals surface area contributed by atoms with Gasteiger partial charge in [0.1, 0.15) is 0 Å². The monoisotopic (exact) mass is 890 g/mol. The molecule has 0 spiro atoms. The first-order valence-corrected chi connectivity index (χ1v) is 18.9. The van der Waals surface area contributed by atoms with Crippen LogP contribution in [0.2, 0.25) is 0 Å². The zero-order valence-electron chi connectivity index (χ0n) is 36.6.